The Kier molecular flexibility index (Phi) is 2.03. The molecule has 0 spiro atoms. The predicted molar refractivity (Wildman–Crippen MR) is 56.6 cm³/mol. The molecule has 1 heterocycles. The molecule has 2 aromatic rings. The van der Waals surface area contributed by atoms with E-state index in [2.05, 4.69) is 0 Å². The minimum atomic E-state index is 0.764. The van der Waals surface area contributed by atoms with Crippen LogP contribution in [0.15, 0.2) is 18.2 Å². The molecule has 0 aliphatic heterocycles. The topological polar surface area (TPSA) is 0 Å². The van der Waals surface area contributed by atoms with Gasteiger partial charge in [0.25, 0.3) is 0 Å². The Labute approximate surface area is 84.7 Å². The molecule has 0 bridgehead atoms. The largest absolute Gasteiger partial charge is 0.139 e. The fourth-order valence-electron chi connectivity index (χ4n) is 1.16. The summed E-state index contributed by atoms with van der Waals surface area (Å²) < 4.78 is 1.16. The van der Waals surface area contributed by atoms with Crippen molar-refractivity contribution in [2.24, 2.45) is 0 Å². The van der Waals surface area contributed by atoms with Gasteiger partial charge in [-0.1, -0.05) is 29.3 Å². The van der Waals surface area contributed by atoms with Crippen molar-refractivity contribution in [3.63, 3.8) is 0 Å². The van der Waals surface area contributed by atoms with Crippen molar-refractivity contribution in [2.45, 2.75) is 6.92 Å². The van der Waals surface area contributed by atoms with Crippen molar-refractivity contribution in [3.05, 3.63) is 33.1 Å². The molecule has 2 rings (SSSR count). The van der Waals surface area contributed by atoms with E-state index in [1.807, 2.05) is 25.1 Å². The van der Waals surface area contributed by atoms with Crippen LogP contribution in [0.3, 0.4) is 0 Å². The molecule has 0 fully saturated rings. The van der Waals surface area contributed by atoms with Crippen LogP contribution in [0.4, 0.5) is 0 Å². The standard InChI is InChI=1S/C9H6Cl2S/c1-5-9(11)7-3-2-6(10)4-8(7)12-5/h2-4H,1H3. The Morgan fingerprint density at radius 1 is 1.25 bits per heavy atom. The van der Waals surface area contributed by atoms with E-state index in [9.17, 15) is 0 Å². The summed E-state index contributed by atoms with van der Waals surface area (Å²) in [6.45, 7) is 2.01. The van der Waals surface area contributed by atoms with Gasteiger partial charge in [0.1, 0.15) is 0 Å². The number of hydrogen-bond acceptors (Lipinski definition) is 1. The lowest BCUT2D eigenvalue weighted by Gasteiger charge is -1.90. The third-order valence-corrected chi connectivity index (χ3v) is 3.65. The van der Waals surface area contributed by atoms with Crippen LogP contribution < -0.4 is 0 Å². The van der Waals surface area contributed by atoms with Gasteiger partial charge in [-0.2, -0.15) is 0 Å². The van der Waals surface area contributed by atoms with E-state index in [1.54, 1.807) is 11.3 Å². The molecule has 0 N–H and O–H groups in total. The van der Waals surface area contributed by atoms with Crippen LogP contribution in [0, 0.1) is 6.92 Å². The number of halogens is 2. The summed E-state index contributed by atoms with van der Waals surface area (Å²) in [7, 11) is 0. The van der Waals surface area contributed by atoms with Gasteiger partial charge >= 0.3 is 0 Å². The van der Waals surface area contributed by atoms with Gasteiger partial charge in [-0.25, -0.2) is 0 Å². The second-order valence-electron chi connectivity index (χ2n) is 2.61. The van der Waals surface area contributed by atoms with Crippen LogP contribution >= 0.6 is 34.5 Å². The van der Waals surface area contributed by atoms with Gasteiger partial charge in [0.2, 0.25) is 0 Å². The minimum Gasteiger partial charge on any atom is -0.139 e. The second kappa shape index (κ2) is 2.91. The lowest BCUT2D eigenvalue weighted by Crippen LogP contribution is -1.64. The van der Waals surface area contributed by atoms with Crippen molar-refractivity contribution in [3.8, 4) is 0 Å². The first-order valence-electron chi connectivity index (χ1n) is 3.52. The Balaban J connectivity index is 2.87. The van der Waals surface area contributed by atoms with Gasteiger partial charge in [0, 0.05) is 20.0 Å². The predicted octanol–water partition coefficient (Wildman–Crippen LogP) is 4.52. The molecule has 12 heavy (non-hydrogen) atoms. The van der Waals surface area contributed by atoms with Gasteiger partial charge < -0.3 is 0 Å². The number of rotatable bonds is 0. The maximum Gasteiger partial charge on any atom is 0.0620 e. The molecule has 0 atom stereocenters. The normalized spacial score (nSPS) is 10.9. The number of benzene rings is 1. The zero-order chi connectivity index (χ0) is 8.72. The summed E-state index contributed by atoms with van der Waals surface area (Å²) in [6.07, 6.45) is 0. The zero-order valence-electron chi connectivity index (χ0n) is 6.40. The molecule has 1 aromatic carbocycles. The smallest absolute Gasteiger partial charge is 0.0620 e. The number of aryl methyl sites for hydroxylation is 1. The molecule has 62 valence electrons. The van der Waals surface area contributed by atoms with Gasteiger partial charge in [-0.05, 0) is 19.1 Å². The summed E-state index contributed by atoms with van der Waals surface area (Å²) in [5.74, 6) is 0. The average molecular weight is 217 g/mol. The maximum absolute atomic E-state index is 6.06. The molecule has 0 unspecified atom stereocenters. The summed E-state index contributed by atoms with van der Waals surface area (Å²) in [6, 6.07) is 5.77. The monoisotopic (exact) mass is 216 g/mol. The van der Waals surface area contributed by atoms with E-state index in [-0.39, 0.29) is 0 Å². The highest BCUT2D eigenvalue weighted by atomic mass is 35.5. The number of hydrogen-bond donors (Lipinski definition) is 0. The Morgan fingerprint density at radius 2 is 2.00 bits per heavy atom. The van der Waals surface area contributed by atoms with Gasteiger partial charge in [-0.15, -0.1) is 11.3 Å². The number of fused-ring (bicyclic) bond motifs is 1. The molecular formula is C9H6Cl2S. The van der Waals surface area contributed by atoms with Crippen molar-refractivity contribution in [1.82, 2.24) is 0 Å². The second-order valence-corrected chi connectivity index (χ2v) is 4.68. The van der Waals surface area contributed by atoms with Gasteiger partial charge in [-0.3, -0.25) is 0 Å². The van der Waals surface area contributed by atoms with E-state index in [1.165, 1.54) is 0 Å². The summed E-state index contributed by atoms with van der Waals surface area (Å²) >= 11 is 13.6. The van der Waals surface area contributed by atoms with E-state index in [0.29, 0.717) is 0 Å². The lowest BCUT2D eigenvalue weighted by molar-refractivity contribution is 1.65. The minimum absolute atomic E-state index is 0.764. The molecule has 0 aliphatic rings. The molecule has 0 radical (unpaired) electrons. The lowest BCUT2D eigenvalue weighted by atomic mass is 10.2. The van der Waals surface area contributed by atoms with Crippen LogP contribution in [0.2, 0.25) is 10.0 Å². The van der Waals surface area contributed by atoms with E-state index in [4.69, 9.17) is 23.2 Å². The third kappa shape index (κ3) is 1.22. The summed E-state index contributed by atoms with van der Waals surface area (Å²) in [4.78, 5) is 1.15. The van der Waals surface area contributed by atoms with Gasteiger partial charge in [0.05, 0.1) is 5.02 Å². The molecule has 3 heteroatoms. The van der Waals surface area contributed by atoms with E-state index >= 15 is 0 Å². The fraction of sp³-hybridized carbons (Fsp3) is 0.111. The Morgan fingerprint density at radius 3 is 2.75 bits per heavy atom. The third-order valence-electron chi connectivity index (χ3n) is 1.75. The summed E-state index contributed by atoms with van der Waals surface area (Å²) in [5.41, 5.74) is 0. The molecule has 0 amide bonds. The molecular weight excluding hydrogens is 211 g/mol. The van der Waals surface area contributed by atoms with Crippen molar-refractivity contribution < 1.29 is 0 Å². The number of thiophene rings is 1. The highest BCUT2D eigenvalue weighted by Crippen LogP contribution is 2.35. The first-order chi connectivity index (χ1) is 5.68. The van der Waals surface area contributed by atoms with Gasteiger partial charge in [0.15, 0.2) is 0 Å². The zero-order valence-corrected chi connectivity index (χ0v) is 8.72. The van der Waals surface area contributed by atoms with E-state index < -0.39 is 0 Å². The van der Waals surface area contributed by atoms with Crippen molar-refractivity contribution >= 4 is 44.6 Å². The molecule has 0 saturated heterocycles. The Hall–Kier alpha value is -0.240. The average Bonchev–Trinajstić information content (AvgIpc) is 2.28. The molecule has 1 aromatic heterocycles. The quantitative estimate of drug-likeness (QED) is 0.608. The maximum atomic E-state index is 6.06. The van der Waals surface area contributed by atoms with E-state index in [0.717, 1.165) is 25.0 Å². The van der Waals surface area contributed by atoms with Crippen molar-refractivity contribution in [2.75, 3.05) is 0 Å². The summed E-state index contributed by atoms with van der Waals surface area (Å²) in [5, 5.41) is 2.72. The first-order valence-corrected chi connectivity index (χ1v) is 5.10. The van der Waals surface area contributed by atoms with Crippen LogP contribution in [0.1, 0.15) is 4.88 Å². The first kappa shape index (κ1) is 8.36. The van der Waals surface area contributed by atoms with Crippen LogP contribution in [0.5, 0.6) is 0 Å². The van der Waals surface area contributed by atoms with Crippen LogP contribution in [-0.4, -0.2) is 0 Å². The molecule has 0 aliphatic carbocycles. The van der Waals surface area contributed by atoms with Crippen LogP contribution in [0.25, 0.3) is 10.1 Å². The molecule has 0 saturated carbocycles. The fourth-order valence-corrected chi connectivity index (χ4v) is 2.73. The van der Waals surface area contributed by atoms with Crippen molar-refractivity contribution in [1.29, 1.82) is 0 Å². The highest BCUT2D eigenvalue weighted by Gasteiger charge is 2.05. The molecule has 0 nitrogen and oxygen atoms in total. The Bertz CT molecular complexity index is 431. The highest BCUT2D eigenvalue weighted by molar-refractivity contribution is 7.19. The van der Waals surface area contributed by atoms with Crippen LogP contribution in [-0.2, 0) is 0 Å². The SMILES string of the molecule is Cc1sc2cc(Cl)ccc2c1Cl.